The van der Waals surface area contributed by atoms with Crippen molar-refractivity contribution in [1.82, 2.24) is 4.90 Å². The number of likely N-dealkylation sites (N-methyl/N-ethyl adjacent to an activating group) is 1. The number of benzene rings is 1. The molecule has 1 rings (SSSR count). The van der Waals surface area contributed by atoms with Gasteiger partial charge in [0.1, 0.15) is 0 Å². The second-order valence-electron chi connectivity index (χ2n) is 3.91. The van der Waals surface area contributed by atoms with Gasteiger partial charge in [-0.05, 0) is 24.7 Å². The normalized spacial score (nSPS) is 10.9. The van der Waals surface area contributed by atoms with Crippen molar-refractivity contribution in [2.75, 3.05) is 33.4 Å². The third-order valence-corrected chi connectivity index (χ3v) is 2.67. The smallest absolute Gasteiger partial charge is 0.176 e. The van der Waals surface area contributed by atoms with E-state index in [4.69, 9.17) is 4.74 Å². The molecular weight excluding hydrogens is 240 g/mol. The Morgan fingerprint density at radius 1 is 1.33 bits per heavy atom. The molecule has 0 bridgehead atoms. The van der Waals surface area contributed by atoms with Crippen LogP contribution >= 0.6 is 0 Å². The number of hydrogen-bond acceptors (Lipinski definition) is 3. The molecule has 1 aromatic carbocycles. The highest BCUT2D eigenvalue weighted by molar-refractivity contribution is 5.97. The Bertz CT molecular complexity index is 410. The molecule has 100 valence electrons. The highest BCUT2D eigenvalue weighted by Gasteiger charge is 2.13. The van der Waals surface area contributed by atoms with Gasteiger partial charge in [0.05, 0.1) is 13.2 Å². The molecule has 1 aromatic rings. The van der Waals surface area contributed by atoms with Gasteiger partial charge < -0.3 is 4.74 Å². The maximum Gasteiger partial charge on any atom is 0.176 e. The van der Waals surface area contributed by atoms with Crippen LogP contribution in [0.15, 0.2) is 18.2 Å². The van der Waals surface area contributed by atoms with E-state index in [0.717, 1.165) is 12.1 Å². The zero-order chi connectivity index (χ0) is 13.5. The fraction of sp³-hybridized carbons (Fsp3) is 0.462. The summed E-state index contributed by atoms with van der Waals surface area (Å²) in [5.41, 5.74) is 0.185. The molecule has 0 radical (unpaired) electrons. The highest BCUT2D eigenvalue weighted by Crippen LogP contribution is 2.09. The van der Waals surface area contributed by atoms with E-state index in [1.807, 2.05) is 11.8 Å². The Balaban J connectivity index is 2.65. The minimum absolute atomic E-state index is 0.172. The van der Waals surface area contributed by atoms with Crippen LogP contribution in [0.5, 0.6) is 0 Å². The number of nitrogens with zero attached hydrogens (tertiary/aromatic N) is 1. The average Bonchev–Trinajstić information content (AvgIpc) is 2.37. The molecule has 0 N–H and O–H groups in total. The molecule has 0 aliphatic carbocycles. The van der Waals surface area contributed by atoms with Crippen LogP contribution in [0.4, 0.5) is 8.78 Å². The molecule has 0 atom stereocenters. The lowest BCUT2D eigenvalue weighted by atomic mass is 10.1. The number of halogens is 2. The fourth-order valence-electron chi connectivity index (χ4n) is 1.53. The summed E-state index contributed by atoms with van der Waals surface area (Å²) in [4.78, 5) is 13.8. The molecule has 0 fully saturated rings. The van der Waals surface area contributed by atoms with Gasteiger partial charge >= 0.3 is 0 Å². The number of methoxy groups -OCH3 is 1. The standard InChI is InChI=1S/C13H17F2NO2/c1-3-16(6-7-18-2)9-13(17)10-4-5-11(14)12(15)8-10/h4-5,8H,3,6-7,9H2,1-2H3. The van der Waals surface area contributed by atoms with Gasteiger partial charge in [0.15, 0.2) is 17.4 Å². The van der Waals surface area contributed by atoms with Gasteiger partial charge in [0.2, 0.25) is 0 Å². The lowest BCUT2D eigenvalue weighted by molar-refractivity contribution is 0.0901. The summed E-state index contributed by atoms with van der Waals surface area (Å²) in [6, 6.07) is 3.20. The maximum atomic E-state index is 13.0. The van der Waals surface area contributed by atoms with E-state index in [-0.39, 0.29) is 17.9 Å². The van der Waals surface area contributed by atoms with E-state index >= 15 is 0 Å². The fourth-order valence-corrected chi connectivity index (χ4v) is 1.53. The highest BCUT2D eigenvalue weighted by atomic mass is 19.2. The van der Waals surface area contributed by atoms with Gasteiger partial charge in [-0.15, -0.1) is 0 Å². The molecule has 18 heavy (non-hydrogen) atoms. The van der Waals surface area contributed by atoms with Crippen molar-refractivity contribution in [2.24, 2.45) is 0 Å². The number of carbonyl (C=O) groups is 1. The molecule has 0 amide bonds. The van der Waals surface area contributed by atoms with Crippen LogP contribution in [0.2, 0.25) is 0 Å². The minimum atomic E-state index is -0.999. The number of rotatable bonds is 7. The van der Waals surface area contributed by atoms with Crippen molar-refractivity contribution in [3.63, 3.8) is 0 Å². The summed E-state index contributed by atoms with van der Waals surface area (Å²) in [6.07, 6.45) is 0. The van der Waals surface area contributed by atoms with Crippen molar-refractivity contribution in [3.8, 4) is 0 Å². The quantitative estimate of drug-likeness (QED) is 0.701. The van der Waals surface area contributed by atoms with Gasteiger partial charge in [0, 0.05) is 19.2 Å². The van der Waals surface area contributed by atoms with Crippen LogP contribution in [0.25, 0.3) is 0 Å². The van der Waals surface area contributed by atoms with Crippen molar-refractivity contribution >= 4 is 5.78 Å². The van der Waals surface area contributed by atoms with Gasteiger partial charge in [-0.3, -0.25) is 9.69 Å². The van der Waals surface area contributed by atoms with Crippen LogP contribution in [0.3, 0.4) is 0 Å². The summed E-state index contributed by atoms with van der Waals surface area (Å²) in [5, 5.41) is 0. The number of carbonyl (C=O) groups excluding carboxylic acids is 1. The molecule has 0 unspecified atom stereocenters. The van der Waals surface area contributed by atoms with E-state index in [2.05, 4.69) is 0 Å². The van der Waals surface area contributed by atoms with E-state index in [0.29, 0.717) is 19.7 Å². The van der Waals surface area contributed by atoms with Crippen LogP contribution in [-0.4, -0.2) is 44.0 Å². The predicted molar refractivity (Wildman–Crippen MR) is 64.7 cm³/mol. The number of Topliss-reactive ketones (excluding diaryl/α,β-unsaturated/α-hetero) is 1. The number of ether oxygens (including phenoxy) is 1. The molecule has 0 aliphatic heterocycles. The Morgan fingerprint density at radius 3 is 2.61 bits per heavy atom. The van der Waals surface area contributed by atoms with Crippen molar-refractivity contribution < 1.29 is 18.3 Å². The summed E-state index contributed by atoms with van der Waals surface area (Å²) < 4.78 is 30.7. The summed E-state index contributed by atoms with van der Waals surface area (Å²) >= 11 is 0. The van der Waals surface area contributed by atoms with Crippen LogP contribution in [0.1, 0.15) is 17.3 Å². The van der Waals surface area contributed by atoms with E-state index < -0.39 is 11.6 Å². The van der Waals surface area contributed by atoms with Crippen molar-refractivity contribution in [2.45, 2.75) is 6.92 Å². The Morgan fingerprint density at radius 2 is 2.06 bits per heavy atom. The van der Waals surface area contributed by atoms with Crippen LogP contribution in [-0.2, 0) is 4.74 Å². The average molecular weight is 257 g/mol. The zero-order valence-corrected chi connectivity index (χ0v) is 10.6. The van der Waals surface area contributed by atoms with Gasteiger partial charge in [-0.2, -0.15) is 0 Å². The van der Waals surface area contributed by atoms with E-state index in [1.165, 1.54) is 6.07 Å². The van der Waals surface area contributed by atoms with Crippen LogP contribution < -0.4 is 0 Å². The Labute approximate surface area is 105 Å². The lowest BCUT2D eigenvalue weighted by Gasteiger charge is -2.18. The molecule has 5 heteroatoms. The topological polar surface area (TPSA) is 29.5 Å². The molecular formula is C13H17F2NO2. The van der Waals surface area contributed by atoms with Gasteiger partial charge in [0.25, 0.3) is 0 Å². The Kier molecular flexibility index (Phi) is 5.88. The van der Waals surface area contributed by atoms with E-state index in [9.17, 15) is 13.6 Å². The third-order valence-electron chi connectivity index (χ3n) is 2.67. The summed E-state index contributed by atoms with van der Waals surface area (Å²) in [5.74, 6) is -2.18. The first-order valence-corrected chi connectivity index (χ1v) is 5.78. The first-order chi connectivity index (χ1) is 8.58. The minimum Gasteiger partial charge on any atom is -0.383 e. The van der Waals surface area contributed by atoms with Crippen LogP contribution in [0, 0.1) is 11.6 Å². The molecule has 0 saturated carbocycles. The number of ketones is 1. The monoisotopic (exact) mass is 257 g/mol. The largest absolute Gasteiger partial charge is 0.383 e. The SMILES string of the molecule is CCN(CCOC)CC(=O)c1ccc(F)c(F)c1. The van der Waals surface area contributed by atoms with Crippen molar-refractivity contribution in [1.29, 1.82) is 0 Å². The second-order valence-corrected chi connectivity index (χ2v) is 3.91. The van der Waals surface area contributed by atoms with Gasteiger partial charge in [-0.1, -0.05) is 6.92 Å². The molecule has 0 aromatic heterocycles. The van der Waals surface area contributed by atoms with E-state index in [1.54, 1.807) is 7.11 Å². The third kappa shape index (κ3) is 4.16. The first-order valence-electron chi connectivity index (χ1n) is 5.78. The zero-order valence-electron chi connectivity index (χ0n) is 10.6. The summed E-state index contributed by atoms with van der Waals surface area (Å²) in [6.45, 7) is 3.94. The predicted octanol–water partition coefficient (Wildman–Crippen LogP) is 2.12. The maximum absolute atomic E-state index is 13.0. The lowest BCUT2D eigenvalue weighted by Crippen LogP contribution is -2.32. The first kappa shape index (κ1) is 14.7. The molecule has 3 nitrogen and oxygen atoms in total. The molecule has 0 spiro atoms. The number of hydrogen-bond donors (Lipinski definition) is 0. The summed E-state index contributed by atoms with van der Waals surface area (Å²) in [7, 11) is 1.59. The second kappa shape index (κ2) is 7.18. The molecule has 0 saturated heterocycles. The van der Waals surface area contributed by atoms with Crippen molar-refractivity contribution in [3.05, 3.63) is 35.4 Å². The molecule has 0 heterocycles. The Hall–Kier alpha value is -1.33. The molecule has 0 aliphatic rings. The van der Waals surface area contributed by atoms with Gasteiger partial charge in [-0.25, -0.2) is 8.78 Å².